The molecule has 1 atom stereocenters. The number of ether oxygens (including phenoxy) is 2. The lowest BCUT2D eigenvalue weighted by Gasteiger charge is -2.35. The Morgan fingerprint density at radius 3 is 2.32 bits per heavy atom. The van der Waals surface area contributed by atoms with Crippen molar-refractivity contribution in [2.24, 2.45) is 5.41 Å². The number of halogens is 1. The molecule has 1 aromatic carbocycles. The third kappa shape index (κ3) is 5.57. The largest absolute Gasteiger partial charge is 0.455 e. The van der Waals surface area contributed by atoms with Crippen molar-refractivity contribution in [1.29, 1.82) is 0 Å². The molecule has 0 saturated carbocycles. The van der Waals surface area contributed by atoms with E-state index in [0.717, 1.165) is 0 Å². The smallest absolute Gasteiger partial charge is 0.410 e. The Bertz CT molecular complexity index is 787. The minimum absolute atomic E-state index is 0.151. The van der Waals surface area contributed by atoms with E-state index >= 15 is 0 Å². The fourth-order valence-electron chi connectivity index (χ4n) is 2.67. The van der Waals surface area contributed by atoms with Crippen LogP contribution in [0.25, 0.3) is 5.57 Å². The van der Waals surface area contributed by atoms with Crippen LogP contribution in [0.3, 0.4) is 0 Å². The maximum Gasteiger partial charge on any atom is 0.410 e. The third-order valence-corrected chi connectivity index (χ3v) is 4.28. The molecule has 1 aromatic rings. The molecule has 0 N–H and O–H groups in total. The van der Waals surface area contributed by atoms with Gasteiger partial charge in [-0.3, -0.25) is 4.79 Å². The molecule has 1 amide bonds. The van der Waals surface area contributed by atoms with Gasteiger partial charge in [0.2, 0.25) is 0 Å². The molecule has 0 aromatic heterocycles. The van der Waals surface area contributed by atoms with E-state index in [9.17, 15) is 14.0 Å². The van der Waals surface area contributed by atoms with Crippen LogP contribution in [-0.2, 0) is 14.3 Å². The number of aryl methyl sites for hydroxylation is 1. The third-order valence-electron chi connectivity index (χ3n) is 4.28. The van der Waals surface area contributed by atoms with Crippen LogP contribution in [0, 0.1) is 18.2 Å². The molecule has 28 heavy (non-hydrogen) atoms. The van der Waals surface area contributed by atoms with Crippen LogP contribution in [-0.4, -0.2) is 41.8 Å². The number of esters is 1. The van der Waals surface area contributed by atoms with E-state index in [1.54, 1.807) is 66.7 Å². The lowest BCUT2D eigenvalue weighted by atomic mass is 9.94. The van der Waals surface area contributed by atoms with Crippen molar-refractivity contribution in [2.45, 2.75) is 60.2 Å². The van der Waals surface area contributed by atoms with Crippen LogP contribution in [0.15, 0.2) is 24.3 Å². The molecule has 2 rings (SSSR count). The fraction of sp³-hybridized carbons (Fsp3) is 0.545. The first kappa shape index (κ1) is 21.9. The van der Waals surface area contributed by atoms with Crippen LogP contribution in [0.1, 0.15) is 52.7 Å². The van der Waals surface area contributed by atoms with E-state index in [4.69, 9.17) is 9.47 Å². The van der Waals surface area contributed by atoms with E-state index in [0.29, 0.717) is 23.2 Å². The zero-order valence-electron chi connectivity index (χ0n) is 17.8. The minimum Gasteiger partial charge on any atom is -0.455 e. The summed E-state index contributed by atoms with van der Waals surface area (Å²) in [6.45, 7) is 12.8. The summed E-state index contributed by atoms with van der Waals surface area (Å²) in [5.41, 5.74) is 0.546. The van der Waals surface area contributed by atoms with Crippen molar-refractivity contribution in [1.82, 2.24) is 4.90 Å². The summed E-state index contributed by atoms with van der Waals surface area (Å²) >= 11 is 0. The van der Waals surface area contributed by atoms with Gasteiger partial charge in [-0.15, -0.1) is 0 Å². The van der Waals surface area contributed by atoms with Crippen molar-refractivity contribution in [3.63, 3.8) is 0 Å². The summed E-state index contributed by atoms with van der Waals surface area (Å²) in [4.78, 5) is 26.4. The van der Waals surface area contributed by atoms with Gasteiger partial charge >= 0.3 is 12.1 Å². The van der Waals surface area contributed by atoms with Gasteiger partial charge in [0.05, 0.1) is 12.0 Å². The van der Waals surface area contributed by atoms with Gasteiger partial charge in [-0.2, -0.15) is 0 Å². The van der Waals surface area contributed by atoms with Crippen molar-refractivity contribution in [3.8, 4) is 0 Å². The van der Waals surface area contributed by atoms with Crippen molar-refractivity contribution in [2.75, 3.05) is 13.1 Å². The van der Waals surface area contributed by atoms with Crippen LogP contribution < -0.4 is 0 Å². The van der Waals surface area contributed by atoms with Crippen LogP contribution >= 0.6 is 0 Å². The standard InChI is InChI=1S/C22H30FNO4/c1-14-8-9-15(12-17(14)23)16-10-11-24(20(26)28-22(5,6)7)13-18(16)27-19(25)21(2,3)4/h8-10,12,18H,11,13H2,1-7H3/t18-/m0/s1. The fourth-order valence-corrected chi connectivity index (χ4v) is 2.67. The SMILES string of the molecule is Cc1ccc(C2=CCN(C(=O)OC(C)(C)C)C[C@@H]2OC(=O)C(C)(C)C)cc1F. The number of amides is 1. The van der Waals surface area contributed by atoms with Crippen LogP contribution in [0.5, 0.6) is 0 Å². The first-order valence-corrected chi connectivity index (χ1v) is 9.43. The van der Waals surface area contributed by atoms with E-state index in [1.807, 2.05) is 0 Å². The highest BCUT2D eigenvalue weighted by Crippen LogP contribution is 2.29. The summed E-state index contributed by atoms with van der Waals surface area (Å²) in [6, 6.07) is 4.92. The molecule has 0 bridgehead atoms. The van der Waals surface area contributed by atoms with E-state index in [2.05, 4.69) is 0 Å². The van der Waals surface area contributed by atoms with Gasteiger partial charge in [0.1, 0.15) is 17.5 Å². The lowest BCUT2D eigenvalue weighted by Crippen LogP contribution is -2.46. The topological polar surface area (TPSA) is 55.8 Å². The molecule has 0 spiro atoms. The van der Waals surface area contributed by atoms with Gasteiger partial charge in [-0.05, 0) is 71.2 Å². The molecule has 0 aliphatic carbocycles. The summed E-state index contributed by atoms with van der Waals surface area (Å²) in [7, 11) is 0. The second-order valence-electron chi connectivity index (χ2n) is 9.15. The number of carbonyl (C=O) groups is 2. The van der Waals surface area contributed by atoms with Gasteiger partial charge in [-0.25, -0.2) is 9.18 Å². The van der Waals surface area contributed by atoms with Crippen molar-refractivity contribution < 1.29 is 23.5 Å². The van der Waals surface area contributed by atoms with E-state index in [-0.39, 0.29) is 18.3 Å². The maximum atomic E-state index is 14.1. The number of hydrogen-bond acceptors (Lipinski definition) is 4. The molecule has 154 valence electrons. The van der Waals surface area contributed by atoms with Crippen molar-refractivity contribution in [3.05, 3.63) is 41.2 Å². The van der Waals surface area contributed by atoms with Gasteiger partial charge in [-0.1, -0.05) is 18.2 Å². The minimum atomic E-state index is -0.699. The Balaban J connectivity index is 2.33. The first-order chi connectivity index (χ1) is 12.8. The summed E-state index contributed by atoms with van der Waals surface area (Å²) in [5.74, 6) is -0.712. The highest BCUT2D eigenvalue weighted by molar-refractivity contribution is 5.80. The Labute approximate surface area is 166 Å². The van der Waals surface area contributed by atoms with Gasteiger partial charge in [0.25, 0.3) is 0 Å². The first-order valence-electron chi connectivity index (χ1n) is 9.43. The van der Waals surface area contributed by atoms with Gasteiger partial charge in [0.15, 0.2) is 0 Å². The predicted octanol–water partition coefficient (Wildman–Crippen LogP) is 4.73. The molecular formula is C22H30FNO4. The molecule has 0 radical (unpaired) electrons. The zero-order valence-corrected chi connectivity index (χ0v) is 17.8. The number of benzene rings is 1. The molecule has 0 unspecified atom stereocenters. The highest BCUT2D eigenvalue weighted by Gasteiger charge is 2.34. The molecule has 0 fully saturated rings. The molecule has 1 heterocycles. The van der Waals surface area contributed by atoms with Crippen LogP contribution in [0.4, 0.5) is 9.18 Å². The maximum absolute atomic E-state index is 14.1. The Morgan fingerprint density at radius 1 is 1.14 bits per heavy atom. The molecule has 6 heteroatoms. The molecular weight excluding hydrogens is 361 g/mol. The van der Waals surface area contributed by atoms with Crippen molar-refractivity contribution >= 4 is 17.6 Å². The molecule has 1 aliphatic heterocycles. The van der Waals surface area contributed by atoms with Gasteiger partial charge < -0.3 is 14.4 Å². The summed E-state index contributed by atoms with van der Waals surface area (Å²) in [6.07, 6.45) is 0.614. The normalized spacial score (nSPS) is 17.8. The molecule has 0 saturated heterocycles. The second kappa shape index (κ2) is 7.94. The van der Waals surface area contributed by atoms with E-state index < -0.39 is 23.2 Å². The number of carbonyl (C=O) groups excluding carboxylic acids is 2. The Kier molecular flexibility index (Phi) is 6.21. The predicted molar refractivity (Wildman–Crippen MR) is 106 cm³/mol. The Morgan fingerprint density at radius 2 is 1.79 bits per heavy atom. The highest BCUT2D eigenvalue weighted by atomic mass is 19.1. The molecule has 5 nitrogen and oxygen atoms in total. The molecule has 1 aliphatic rings. The summed E-state index contributed by atoms with van der Waals surface area (Å²) in [5, 5.41) is 0. The summed E-state index contributed by atoms with van der Waals surface area (Å²) < 4.78 is 25.2. The Hall–Kier alpha value is -2.37. The van der Waals surface area contributed by atoms with Gasteiger partial charge in [0, 0.05) is 6.54 Å². The number of nitrogens with zero attached hydrogens (tertiary/aromatic N) is 1. The number of hydrogen-bond donors (Lipinski definition) is 0. The second-order valence-corrected chi connectivity index (χ2v) is 9.15. The zero-order chi connectivity index (χ0) is 21.3. The van der Waals surface area contributed by atoms with E-state index in [1.165, 1.54) is 11.0 Å². The lowest BCUT2D eigenvalue weighted by molar-refractivity contribution is -0.156. The quantitative estimate of drug-likeness (QED) is 0.684. The number of rotatable bonds is 2. The average molecular weight is 391 g/mol. The monoisotopic (exact) mass is 391 g/mol. The van der Waals surface area contributed by atoms with Crippen LogP contribution in [0.2, 0.25) is 0 Å². The average Bonchev–Trinajstić information content (AvgIpc) is 2.55.